The molecule has 5 rings (SSSR count). The van der Waals surface area contributed by atoms with Gasteiger partial charge in [0.25, 0.3) is 0 Å². The average molecular weight is 332 g/mol. The van der Waals surface area contributed by atoms with Gasteiger partial charge in [0, 0.05) is 0 Å². The summed E-state index contributed by atoms with van der Waals surface area (Å²) in [4.78, 5) is 0. The number of aryl methyl sites for hydroxylation is 2. The minimum atomic E-state index is 1.28. The number of benzene rings is 5. The van der Waals surface area contributed by atoms with Crippen LogP contribution in [-0.4, -0.2) is 0 Å². The predicted molar refractivity (Wildman–Crippen MR) is 114 cm³/mol. The van der Waals surface area contributed by atoms with Crippen LogP contribution in [0.3, 0.4) is 0 Å². The lowest BCUT2D eigenvalue weighted by Crippen LogP contribution is -1.87. The summed E-state index contributed by atoms with van der Waals surface area (Å²) in [7, 11) is 0. The normalized spacial score (nSPS) is 11.5. The quantitative estimate of drug-likeness (QED) is 0.280. The van der Waals surface area contributed by atoms with E-state index in [1.807, 2.05) is 0 Å². The fourth-order valence-electron chi connectivity index (χ4n) is 4.18. The first-order chi connectivity index (χ1) is 12.7. The third kappa shape index (κ3) is 2.23. The van der Waals surface area contributed by atoms with Gasteiger partial charge >= 0.3 is 0 Å². The molecule has 0 amide bonds. The van der Waals surface area contributed by atoms with E-state index in [9.17, 15) is 0 Å². The third-order valence-electron chi connectivity index (χ3n) is 5.52. The fraction of sp³-hybridized carbons (Fsp3) is 0.0769. The van der Waals surface area contributed by atoms with Crippen molar-refractivity contribution in [3.05, 3.63) is 96.1 Å². The summed E-state index contributed by atoms with van der Waals surface area (Å²) in [6.07, 6.45) is 0. The molecular formula is C26H20. The van der Waals surface area contributed by atoms with Crippen LogP contribution >= 0.6 is 0 Å². The van der Waals surface area contributed by atoms with Gasteiger partial charge in [0.1, 0.15) is 0 Å². The summed E-state index contributed by atoms with van der Waals surface area (Å²) in [5.74, 6) is 0. The summed E-state index contributed by atoms with van der Waals surface area (Å²) in [6, 6.07) is 31.1. The standard InChI is InChI=1S/C26H20/c1-17-7-5-8-19-16-20(13-14-21(17)19)23-11-6-12-25-24-10-4-3-9-22(24)18(2)15-26(23)25/h3-16H,1-2H3. The molecule has 5 aromatic rings. The molecule has 0 bridgehead atoms. The summed E-state index contributed by atoms with van der Waals surface area (Å²) >= 11 is 0. The van der Waals surface area contributed by atoms with E-state index in [1.165, 1.54) is 54.6 Å². The molecule has 0 aromatic heterocycles. The molecule has 0 spiro atoms. The smallest absolute Gasteiger partial charge is 0.00963 e. The molecule has 0 radical (unpaired) electrons. The van der Waals surface area contributed by atoms with Crippen molar-refractivity contribution < 1.29 is 0 Å². The van der Waals surface area contributed by atoms with Crippen LogP contribution in [-0.2, 0) is 0 Å². The molecule has 0 aliphatic rings. The molecule has 0 aliphatic heterocycles. The lowest BCUT2D eigenvalue weighted by atomic mass is 9.91. The van der Waals surface area contributed by atoms with E-state index in [1.54, 1.807) is 0 Å². The molecule has 0 nitrogen and oxygen atoms in total. The van der Waals surface area contributed by atoms with Crippen molar-refractivity contribution >= 4 is 32.3 Å². The van der Waals surface area contributed by atoms with Crippen LogP contribution in [0, 0.1) is 13.8 Å². The first kappa shape index (κ1) is 15.2. The van der Waals surface area contributed by atoms with Crippen molar-refractivity contribution in [2.24, 2.45) is 0 Å². The van der Waals surface area contributed by atoms with Gasteiger partial charge in [-0.2, -0.15) is 0 Å². The second-order valence-corrected chi connectivity index (χ2v) is 7.15. The zero-order chi connectivity index (χ0) is 17.7. The Morgan fingerprint density at radius 3 is 2.08 bits per heavy atom. The molecule has 0 heterocycles. The van der Waals surface area contributed by atoms with E-state index in [2.05, 4.69) is 98.8 Å². The average Bonchev–Trinajstić information content (AvgIpc) is 2.68. The van der Waals surface area contributed by atoms with Crippen molar-refractivity contribution in [2.45, 2.75) is 13.8 Å². The minimum absolute atomic E-state index is 1.28. The fourth-order valence-corrected chi connectivity index (χ4v) is 4.18. The summed E-state index contributed by atoms with van der Waals surface area (Å²) in [5.41, 5.74) is 5.24. The molecule has 0 N–H and O–H groups in total. The molecule has 0 saturated heterocycles. The van der Waals surface area contributed by atoms with Crippen LogP contribution in [0.2, 0.25) is 0 Å². The van der Waals surface area contributed by atoms with Gasteiger partial charge in [-0.15, -0.1) is 0 Å². The Morgan fingerprint density at radius 2 is 1.19 bits per heavy atom. The zero-order valence-corrected chi connectivity index (χ0v) is 15.1. The molecule has 0 saturated carbocycles. The van der Waals surface area contributed by atoms with E-state index in [0.29, 0.717) is 0 Å². The maximum atomic E-state index is 2.34. The van der Waals surface area contributed by atoms with Crippen molar-refractivity contribution in [3.63, 3.8) is 0 Å². The van der Waals surface area contributed by atoms with E-state index in [-0.39, 0.29) is 0 Å². The van der Waals surface area contributed by atoms with Crippen LogP contribution in [0.4, 0.5) is 0 Å². The lowest BCUT2D eigenvalue weighted by molar-refractivity contribution is 1.53. The molecule has 0 unspecified atom stereocenters. The molecular weight excluding hydrogens is 312 g/mol. The van der Waals surface area contributed by atoms with E-state index >= 15 is 0 Å². The van der Waals surface area contributed by atoms with Gasteiger partial charge < -0.3 is 0 Å². The van der Waals surface area contributed by atoms with Crippen molar-refractivity contribution in [1.29, 1.82) is 0 Å². The number of hydrogen-bond acceptors (Lipinski definition) is 0. The highest BCUT2D eigenvalue weighted by Crippen LogP contribution is 2.36. The monoisotopic (exact) mass is 332 g/mol. The molecule has 5 aromatic carbocycles. The predicted octanol–water partition coefficient (Wildman–Crippen LogP) is 7.43. The zero-order valence-electron chi connectivity index (χ0n) is 15.1. The lowest BCUT2D eigenvalue weighted by Gasteiger charge is -2.13. The highest BCUT2D eigenvalue weighted by molar-refractivity contribution is 6.13. The number of rotatable bonds is 1. The molecule has 0 atom stereocenters. The molecule has 26 heavy (non-hydrogen) atoms. The Labute approximate surface area is 153 Å². The highest BCUT2D eigenvalue weighted by atomic mass is 14.1. The van der Waals surface area contributed by atoms with Gasteiger partial charge in [-0.05, 0) is 74.5 Å². The topological polar surface area (TPSA) is 0 Å². The van der Waals surface area contributed by atoms with E-state index < -0.39 is 0 Å². The molecule has 0 fully saturated rings. The Bertz CT molecular complexity index is 1290. The van der Waals surface area contributed by atoms with E-state index in [4.69, 9.17) is 0 Å². The number of fused-ring (bicyclic) bond motifs is 4. The molecule has 0 aliphatic carbocycles. The van der Waals surface area contributed by atoms with Crippen LogP contribution in [0.25, 0.3) is 43.4 Å². The van der Waals surface area contributed by atoms with Gasteiger partial charge in [-0.25, -0.2) is 0 Å². The Kier molecular flexibility index (Phi) is 3.33. The van der Waals surface area contributed by atoms with Gasteiger partial charge in [0.05, 0.1) is 0 Å². The first-order valence-electron chi connectivity index (χ1n) is 9.13. The van der Waals surface area contributed by atoms with Crippen LogP contribution in [0.15, 0.2) is 84.9 Å². The Hall–Kier alpha value is -3.12. The van der Waals surface area contributed by atoms with Crippen molar-refractivity contribution in [3.8, 4) is 11.1 Å². The van der Waals surface area contributed by atoms with Gasteiger partial charge in [0.2, 0.25) is 0 Å². The maximum absolute atomic E-state index is 2.34. The summed E-state index contributed by atoms with van der Waals surface area (Å²) < 4.78 is 0. The minimum Gasteiger partial charge on any atom is -0.0616 e. The Morgan fingerprint density at radius 1 is 0.462 bits per heavy atom. The van der Waals surface area contributed by atoms with Crippen LogP contribution in [0.1, 0.15) is 11.1 Å². The summed E-state index contributed by atoms with van der Waals surface area (Å²) in [6.45, 7) is 4.39. The van der Waals surface area contributed by atoms with Crippen molar-refractivity contribution in [1.82, 2.24) is 0 Å². The van der Waals surface area contributed by atoms with Gasteiger partial charge in [0.15, 0.2) is 0 Å². The number of hydrogen-bond donors (Lipinski definition) is 0. The van der Waals surface area contributed by atoms with Crippen LogP contribution < -0.4 is 0 Å². The van der Waals surface area contributed by atoms with Gasteiger partial charge in [-0.3, -0.25) is 0 Å². The molecule has 0 heteroatoms. The molecule has 124 valence electrons. The first-order valence-corrected chi connectivity index (χ1v) is 9.13. The Balaban J connectivity index is 1.85. The van der Waals surface area contributed by atoms with E-state index in [0.717, 1.165) is 0 Å². The largest absolute Gasteiger partial charge is 0.0616 e. The maximum Gasteiger partial charge on any atom is -0.00963 e. The SMILES string of the molecule is Cc1cccc2cc(-c3cccc4c3cc(C)c3ccccc34)ccc12. The van der Waals surface area contributed by atoms with Crippen LogP contribution in [0.5, 0.6) is 0 Å². The van der Waals surface area contributed by atoms with Gasteiger partial charge in [-0.1, -0.05) is 78.9 Å². The van der Waals surface area contributed by atoms with Crippen molar-refractivity contribution in [2.75, 3.05) is 0 Å². The second kappa shape index (κ2) is 5.71. The summed E-state index contributed by atoms with van der Waals surface area (Å²) in [5, 5.41) is 7.96. The third-order valence-corrected chi connectivity index (χ3v) is 5.52. The second-order valence-electron chi connectivity index (χ2n) is 7.15. The highest BCUT2D eigenvalue weighted by Gasteiger charge is 2.09.